The zero-order chi connectivity index (χ0) is 12.8. The third-order valence-corrected chi connectivity index (χ3v) is 2.43. The number of carbonyl (C=O) groups is 2. The zero-order valence-electron chi connectivity index (χ0n) is 10.3. The minimum atomic E-state index is -0.620. The van der Waals surface area contributed by atoms with E-state index in [0.29, 0.717) is 17.7 Å². The predicted octanol–water partition coefficient (Wildman–Crippen LogP) is 1.79. The van der Waals surface area contributed by atoms with Crippen molar-refractivity contribution >= 4 is 11.7 Å². The van der Waals surface area contributed by atoms with Gasteiger partial charge in [0.15, 0.2) is 11.9 Å². The first kappa shape index (κ1) is 13.2. The molecule has 0 aliphatic rings. The van der Waals surface area contributed by atoms with E-state index in [1.54, 1.807) is 45.2 Å². The van der Waals surface area contributed by atoms with Crippen LogP contribution in [0.3, 0.4) is 0 Å². The van der Waals surface area contributed by atoms with Crippen molar-refractivity contribution in [3.05, 3.63) is 29.8 Å². The van der Waals surface area contributed by atoms with Crippen LogP contribution in [-0.4, -0.2) is 24.8 Å². The molecule has 1 N–H and O–H groups in total. The van der Waals surface area contributed by atoms with E-state index in [-0.39, 0.29) is 11.7 Å². The number of ether oxygens (including phenoxy) is 1. The van der Waals surface area contributed by atoms with E-state index in [1.807, 2.05) is 0 Å². The molecule has 4 heteroatoms. The summed E-state index contributed by atoms with van der Waals surface area (Å²) in [6, 6.07) is 6.96. The third kappa shape index (κ3) is 3.31. The Morgan fingerprint density at radius 2 is 2.00 bits per heavy atom. The van der Waals surface area contributed by atoms with E-state index in [0.717, 1.165) is 0 Å². The van der Waals surface area contributed by atoms with E-state index in [2.05, 4.69) is 5.32 Å². The lowest BCUT2D eigenvalue weighted by Gasteiger charge is -2.15. The number of hydrogen-bond donors (Lipinski definition) is 1. The van der Waals surface area contributed by atoms with E-state index >= 15 is 0 Å². The van der Waals surface area contributed by atoms with Gasteiger partial charge in [0.2, 0.25) is 0 Å². The summed E-state index contributed by atoms with van der Waals surface area (Å²) in [5.74, 6) is 0.240. The Morgan fingerprint density at radius 3 is 2.59 bits per heavy atom. The molecule has 92 valence electrons. The summed E-state index contributed by atoms with van der Waals surface area (Å²) in [4.78, 5) is 23.0. The maximum Gasteiger partial charge on any atom is 0.260 e. The normalized spacial score (nSPS) is 11.7. The monoisotopic (exact) mass is 235 g/mol. The minimum absolute atomic E-state index is 0.00436. The van der Waals surface area contributed by atoms with Gasteiger partial charge in [0.05, 0.1) is 5.56 Å². The fraction of sp³-hybridized carbons (Fsp3) is 0.385. The van der Waals surface area contributed by atoms with Crippen molar-refractivity contribution in [3.63, 3.8) is 0 Å². The average Bonchev–Trinajstić information content (AvgIpc) is 2.37. The van der Waals surface area contributed by atoms with Crippen LogP contribution in [0.4, 0.5) is 0 Å². The fourth-order valence-corrected chi connectivity index (χ4v) is 1.44. The molecule has 0 aliphatic carbocycles. The molecule has 1 rings (SSSR count). The van der Waals surface area contributed by atoms with Crippen molar-refractivity contribution in [2.75, 3.05) is 7.05 Å². The van der Waals surface area contributed by atoms with Crippen LogP contribution >= 0.6 is 0 Å². The first-order valence-electron chi connectivity index (χ1n) is 5.60. The van der Waals surface area contributed by atoms with Crippen LogP contribution in [0, 0.1) is 0 Å². The molecule has 4 nitrogen and oxygen atoms in total. The Kier molecular flexibility index (Phi) is 4.69. The summed E-state index contributed by atoms with van der Waals surface area (Å²) in [5.41, 5.74) is 0.519. The molecule has 0 bridgehead atoms. The van der Waals surface area contributed by atoms with Gasteiger partial charge in [-0.05, 0) is 19.1 Å². The lowest BCUT2D eigenvalue weighted by atomic mass is 10.1. The molecule has 0 aliphatic heterocycles. The smallest absolute Gasteiger partial charge is 0.260 e. The van der Waals surface area contributed by atoms with E-state index < -0.39 is 6.10 Å². The van der Waals surface area contributed by atoms with Crippen molar-refractivity contribution in [1.82, 2.24) is 5.32 Å². The largest absolute Gasteiger partial charge is 0.480 e. The van der Waals surface area contributed by atoms with Gasteiger partial charge in [0.1, 0.15) is 5.75 Å². The molecule has 17 heavy (non-hydrogen) atoms. The highest BCUT2D eigenvalue weighted by molar-refractivity contribution is 5.98. The molecule has 0 fully saturated rings. The zero-order valence-corrected chi connectivity index (χ0v) is 10.3. The van der Waals surface area contributed by atoms with Crippen LogP contribution < -0.4 is 10.1 Å². The molecular formula is C13H17NO3. The van der Waals surface area contributed by atoms with E-state index in [1.165, 1.54) is 0 Å². The Morgan fingerprint density at radius 1 is 1.35 bits per heavy atom. The molecule has 0 heterocycles. The molecule has 0 spiro atoms. The molecule has 0 saturated heterocycles. The number of rotatable bonds is 5. The van der Waals surface area contributed by atoms with Crippen LogP contribution in [0.1, 0.15) is 30.6 Å². The summed E-state index contributed by atoms with van der Waals surface area (Å²) in [6.07, 6.45) is -0.208. The summed E-state index contributed by atoms with van der Waals surface area (Å²) >= 11 is 0. The third-order valence-electron chi connectivity index (χ3n) is 2.43. The van der Waals surface area contributed by atoms with Gasteiger partial charge >= 0.3 is 0 Å². The molecule has 0 radical (unpaired) electrons. The number of carbonyl (C=O) groups excluding carboxylic acids is 2. The Balaban J connectivity index is 2.91. The number of likely N-dealkylation sites (N-methyl/N-ethyl adjacent to an activating group) is 1. The van der Waals surface area contributed by atoms with Crippen molar-refractivity contribution in [2.45, 2.75) is 26.4 Å². The quantitative estimate of drug-likeness (QED) is 0.792. The number of amides is 1. The highest BCUT2D eigenvalue weighted by Crippen LogP contribution is 2.20. The van der Waals surface area contributed by atoms with Gasteiger partial charge in [0, 0.05) is 13.5 Å². The summed E-state index contributed by atoms with van der Waals surface area (Å²) < 4.78 is 5.49. The summed E-state index contributed by atoms with van der Waals surface area (Å²) in [7, 11) is 1.55. The second kappa shape index (κ2) is 6.03. The number of Topliss-reactive ketones (excluding diaryl/α,β-unsaturated/α-hetero) is 1. The Labute approximate surface area is 101 Å². The molecule has 1 atom stereocenters. The fourth-order valence-electron chi connectivity index (χ4n) is 1.44. The molecule has 1 amide bonds. The second-order valence-electron chi connectivity index (χ2n) is 3.65. The first-order chi connectivity index (χ1) is 8.10. The topological polar surface area (TPSA) is 55.4 Å². The minimum Gasteiger partial charge on any atom is -0.480 e. The maximum atomic E-state index is 11.7. The van der Waals surface area contributed by atoms with Crippen LogP contribution in [-0.2, 0) is 4.79 Å². The molecule has 1 aromatic rings. The van der Waals surface area contributed by atoms with Gasteiger partial charge in [-0.1, -0.05) is 19.1 Å². The highest BCUT2D eigenvalue weighted by atomic mass is 16.5. The van der Waals surface area contributed by atoms with E-state index in [4.69, 9.17) is 4.74 Å². The number of nitrogens with one attached hydrogen (secondary N) is 1. The van der Waals surface area contributed by atoms with Gasteiger partial charge in [-0.15, -0.1) is 0 Å². The van der Waals surface area contributed by atoms with Gasteiger partial charge in [0.25, 0.3) is 5.91 Å². The molecule has 0 saturated carbocycles. The molecule has 1 aromatic carbocycles. The lowest BCUT2D eigenvalue weighted by Crippen LogP contribution is -2.34. The molecule has 0 aromatic heterocycles. The molecular weight excluding hydrogens is 218 g/mol. The summed E-state index contributed by atoms with van der Waals surface area (Å²) in [6.45, 7) is 3.44. The number of para-hydroxylation sites is 1. The van der Waals surface area contributed by atoms with Crippen LogP contribution in [0.5, 0.6) is 5.75 Å². The van der Waals surface area contributed by atoms with Gasteiger partial charge in [-0.2, -0.15) is 0 Å². The number of benzene rings is 1. The SMILES string of the molecule is CCC(=O)c1ccccc1OC(C)C(=O)NC. The number of ketones is 1. The van der Waals surface area contributed by atoms with Crippen molar-refractivity contribution < 1.29 is 14.3 Å². The van der Waals surface area contributed by atoms with E-state index in [9.17, 15) is 9.59 Å². The van der Waals surface area contributed by atoms with Crippen molar-refractivity contribution in [2.24, 2.45) is 0 Å². The van der Waals surface area contributed by atoms with Gasteiger partial charge < -0.3 is 10.1 Å². The van der Waals surface area contributed by atoms with Crippen molar-refractivity contribution in [3.8, 4) is 5.75 Å². The van der Waals surface area contributed by atoms with Gasteiger partial charge in [-0.25, -0.2) is 0 Å². The second-order valence-corrected chi connectivity index (χ2v) is 3.65. The molecule has 1 unspecified atom stereocenters. The maximum absolute atomic E-state index is 11.7. The average molecular weight is 235 g/mol. The van der Waals surface area contributed by atoms with Crippen molar-refractivity contribution in [1.29, 1.82) is 0 Å². The Bertz CT molecular complexity index is 415. The van der Waals surface area contributed by atoms with Gasteiger partial charge in [-0.3, -0.25) is 9.59 Å². The predicted molar refractivity (Wildman–Crippen MR) is 65.2 cm³/mol. The first-order valence-corrected chi connectivity index (χ1v) is 5.60. The van der Waals surface area contributed by atoms with Crippen LogP contribution in [0.2, 0.25) is 0 Å². The highest BCUT2D eigenvalue weighted by Gasteiger charge is 2.16. The lowest BCUT2D eigenvalue weighted by molar-refractivity contribution is -0.126. The standard InChI is InChI=1S/C13H17NO3/c1-4-11(15)10-7-5-6-8-12(10)17-9(2)13(16)14-3/h5-9H,4H2,1-3H3,(H,14,16). The summed E-state index contributed by atoms with van der Waals surface area (Å²) in [5, 5.41) is 2.50. The number of hydrogen-bond acceptors (Lipinski definition) is 3. The Hall–Kier alpha value is -1.84. The van der Waals surface area contributed by atoms with Crippen LogP contribution in [0.25, 0.3) is 0 Å². The van der Waals surface area contributed by atoms with Crippen LogP contribution in [0.15, 0.2) is 24.3 Å².